The monoisotopic (exact) mass is 734 g/mol. The van der Waals surface area contributed by atoms with Crippen LogP contribution in [0, 0.1) is 27.7 Å². The van der Waals surface area contributed by atoms with E-state index in [1.54, 1.807) is 248 Å². The molecule has 0 aliphatic rings. The van der Waals surface area contributed by atoms with Gasteiger partial charge in [0.05, 0.1) is 0 Å². The largest absolute Gasteiger partial charge is 0.0905 e. The summed E-state index contributed by atoms with van der Waals surface area (Å²) >= 11 is 0. The lowest BCUT2D eigenvalue weighted by atomic mass is 9.88. The number of fused-ring (bicyclic) bond motifs is 5. The summed E-state index contributed by atoms with van der Waals surface area (Å²) in [7, 11) is 0. The van der Waals surface area contributed by atoms with Crippen molar-refractivity contribution in [2.45, 2.75) is 27.7 Å². The highest BCUT2D eigenvalue weighted by atomic mass is 14.5. The van der Waals surface area contributed by atoms with Gasteiger partial charge in [0.15, 0.2) is 0 Å². The maximum absolute atomic E-state index is 5.33. The molecular weight excluding hydrogens is 721 g/mol. The summed E-state index contributed by atoms with van der Waals surface area (Å²) in [6, 6.07) is 0. The van der Waals surface area contributed by atoms with Crippen LogP contribution < -0.4 is 5.22 Å². The van der Waals surface area contributed by atoms with Crippen LogP contribution in [0.2, 0.25) is 0 Å². The summed E-state index contributed by atoms with van der Waals surface area (Å²) in [6.07, 6.45) is 0. The molecule has 0 saturated heterocycles. The van der Waals surface area contributed by atoms with Gasteiger partial charge in [-0.2, -0.15) is 0 Å². The Morgan fingerprint density at radius 3 is 0.350 bits per heavy atom. The molecule has 60 heavy (non-hydrogen) atoms. The molecule has 254 valence electrons. The molecule has 0 fully saturated rings. The first-order valence-electron chi connectivity index (χ1n) is 22.4. The minimum Gasteiger partial charge on any atom is -0.0905 e. The quantitative estimate of drug-likeness (QED) is 0.136. The molecule has 0 aliphatic carbocycles. The van der Waals surface area contributed by atoms with Gasteiger partial charge in [-0.05, 0) is 324 Å². The van der Waals surface area contributed by atoms with Gasteiger partial charge in [-0.25, -0.2) is 0 Å². The second-order valence-corrected chi connectivity index (χ2v) is 21.7. The van der Waals surface area contributed by atoms with Gasteiger partial charge in [-0.3, -0.25) is 0 Å². The summed E-state index contributed by atoms with van der Waals surface area (Å²) in [6.45, 7) is 15.5. The van der Waals surface area contributed by atoms with Gasteiger partial charge < -0.3 is 0 Å². The molecule has 26 aromatic rings. The van der Waals surface area contributed by atoms with E-state index in [0.717, 1.165) is 0 Å². The summed E-state index contributed by atoms with van der Waals surface area (Å²) in [5.74, 6) is 0. The molecule has 0 aliphatic heterocycles. The summed E-state index contributed by atoms with van der Waals surface area (Å²) in [4.78, 5) is 0. The van der Waals surface area contributed by atoms with Crippen molar-refractivity contribution in [1.29, 1.82) is 0 Å². The topological polar surface area (TPSA) is 0 Å². The van der Waals surface area contributed by atoms with E-state index in [-0.39, 0.29) is 0 Å². The smallest absolute Gasteiger partial charge is 0.00000000000595 e. The molecule has 0 amide bonds. The van der Waals surface area contributed by atoms with E-state index >= 15 is 0 Å². The van der Waals surface area contributed by atoms with Gasteiger partial charge in [0.2, 0.25) is 0 Å². The second kappa shape index (κ2) is 5.35. The van der Waals surface area contributed by atoms with Crippen molar-refractivity contribution in [3.8, 4) is 0 Å². The molecule has 0 nitrogen and oxygen atoms in total. The van der Waals surface area contributed by atoms with E-state index in [1.807, 2.05) is 0 Å². The Morgan fingerprint density at radius 2 is 0.217 bits per heavy atom. The number of hydrogen-bond acceptors (Lipinski definition) is 0. The van der Waals surface area contributed by atoms with Gasteiger partial charge in [-0.1, -0.05) is 6.58 Å². The lowest BCUT2D eigenvalue weighted by molar-refractivity contribution is 1.60. The first-order chi connectivity index (χ1) is 29.6. The van der Waals surface area contributed by atoms with Gasteiger partial charge in [0, 0.05) is 0 Å². The number of hydrogen-bond donors (Lipinski definition) is 0. The first kappa shape index (κ1) is 23.3. The molecule has 0 unspecified atom stereocenters. The molecule has 0 aromatic heterocycles. The Bertz CT molecular complexity index is 6100. The Hall–Kier alpha value is -7.28. The third kappa shape index (κ3) is 1.28. The fourth-order valence-electron chi connectivity index (χ4n) is 20.5. The lowest BCUT2D eigenvalue weighted by Crippen LogP contribution is -1.96. The fraction of sp³-hybridized carbons (Fsp3) is 0.0667. The summed E-state index contributed by atoms with van der Waals surface area (Å²) in [5, 5.41) is 81.1. The molecule has 0 atom stereocenters. The van der Waals surface area contributed by atoms with E-state index in [9.17, 15) is 0 Å². The molecule has 0 heterocycles. The van der Waals surface area contributed by atoms with E-state index < -0.39 is 0 Å². The SMILES string of the molecule is C=c1c2c3c(C)c4c5c(C)c6c7c(C)c8c9c(C)c%10c1c1c2c2c%11c3c4c3c4c5c6c5c6c7c8c7c8c9c%10c9c1c1c2c2c%11c3c3c4c5c4c6c7c5c8c9c1c1c5c4c3c21. The molecule has 0 saturated carbocycles. The predicted molar refractivity (Wildman–Crippen MR) is 263 cm³/mol. The van der Waals surface area contributed by atoms with Crippen LogP contribution in [0.3, 0.4) is 0 Å². The van der Waals surface area contributed by atoms with Crippen LogP contribution in [0.15, 0.2) is 0 Å². The van der Waals surface area contributed by atoms with Gasteiger partial charge in [0.25, 0.3) is 0 Å². The van der Waals surface area contributed by atoms with Crippen LogP contribution in [-0.4, -0.2) is 0 Å². The molecule has 0 N–H and O–H groups in total. The minimum atomic E-state index is 1.30. The van der Waals surface area contributed by atoms with Crippen LogP contribution in [0.1, 0.15) is 22.3 Å². The zero-order valence-electron chi connectivity index (χ0n) is 32.2. The molecule has 26 aromatic carbocycles. The van der Waals surface area contributed by atoms with Crippen molar-refractivity contribution in [3.63, 3.8) is 0 Å². The van der Waals surface area contributed by atoms with Crippen molar-refractivity contribution in [2.24, 2.45) is 0 Å². The van der Waals surface area contributed by atoms with Crippen LogP contribution in [-0.2, 0) is 0 Å². The highest BCUT2D eigenvalue weighted by Gasteiger charge is 2.47. The predicted octanol–water partition coefficient (Wildman–Crippen LogP) is 16.8. The zero-order valence-corrected chi connectivity index (χ0v) is 32.2. The Kier molecular flexibility index (Phi) is 2.08. The lowest BCUT2D eigenvalue weighted by Gasteiger charge is -2.14. The van der Waals surface area contributed by atoms with E-state index in [4.69, 9.17) is 6.58 Å². The summed E-state index contributed by atoms with van der Waals surface area (Å²) < 4.78 is 0. The van der Waals surface area contributed by atoms with Crippen LogP contribution in [0.4, 0.5) is 0 Å². The van der Waals surface area contributed by atoms with Gasteiger partial charge in [0.1, 0.15) is 0 Å². The highest BCUT2D eigenvalue weighted by Crippen LogP contribution is 2.76. The average molecular weight is 735 g/mol. The standard InChI is InChI=1S/C60H14/c1-6-11-13-7(2)15-17-9(4)19-20-10(5)18-16-8(3)14-12(6)22-21(11)31-33-23(13)25(15)35-37-27(17)29(19)39-40-30(20)28(18)38-36-26(16)24(14)34-32(22)42-41(31)51-43(33)45(35)53-47(37)49(39)55-50(40)48(38)54-46(36)44(34)52(42)57-56(51)58(53)60(55)59(54)57/h1H2,2-5H3. The van der Waals surface area contributed by atoms with Crippen molar-refractivity contribution in [1.82, 2.24) is 0 Å². The first-order valence-corrected chi connectivity index (χ1v) is 22.4. The normalized spacial score (nSPS) is 16.7. The van der Waals surface area contributed by atoms with E-state index in [0.29, 0.717) is 0 Å². The number of benzene rings is 15. The van der Waals surface area contributed by atoms with Crippen LogP contribution in [0.5, 0.6) is 0 Å². The highest BCUT2D eigenvalue weighted by molar-refractivity contribution is 6.80. The van der Waals surface area contributed by atoms with E-state index in [2.05, 4.69) is 27.7 Å². The molecule has 0 heteroatoms. The fourth-order valence-corrected chi connectivity index (χ4v) is 20.5. The zero-order chi connectivity index (χ0) is 36.8. The van der Waals surface area contributed by atoms with Crippen molar-refractivity contribution in [3.05, 3.63) is 27.5 Å². The Morgan fingerprint density at radius 1 is 0.133 bits per heavy atom. The third-order valence-electron chi connectivity index (χ3n) is 21.1. The molecule has 0 spiro atoms. The third-order valence-corrected chi connectivity index (χ3v) is 21.1. The molecule has 0 bridgehead atoms. The molecule has 26 rings (SSSR count). The van der Waals surface area contributed by atoms with Gasteiger partial charge >= 0.3 is 0 Å². The Labute approximate surface area is 329 Å². The maximum atomic E-state index is 5.33. The van der Waals surface area contributed by atoms with Gasteiger partial charge in [-0.15, -0.1) is 0 Å². The minimum absolute atomic E-state index is 1.30. The van der Waals surface area contributed by atoms with Crippen molar-refractivity contribution < 1.29 is 0 Å². The summed E-state index contributed by atoms with van der Waals surface area (Å²) in [5.41, 5.74) is 6.07. The Balaban J connectivity index is 1.38. The number of rotatable bonds is 0. The second-order valence-electron chi connectivity index (χ2n) is 21.7. The molecular formula is C60H14. The maximum Gasteiger partial charge on any atom is -0.00000000000595 e. The van der Waals surface area contributed by atoms with Crippen molar-refractivity contribution in [2.75, 3.05) is 0 Å². The van der Waals surface area contributed by atoms with Crippen LogP contribution in [0.25, 0.3) is 276 Å². The van der Waals surface area contributed by atoms with Crippen molar-refractivity contribution >= 4 is 276 Å². The van der Waals surface area contributed by atoms with E-state index in [1.165, 1.54) is 49.0 Å². The number of aryl methyl sites for hydroxylation is 4. The average Bonchev–Trinajstić information content (AvgIpc) is 4.12. The van der Waals surface area contributed by atoms with Crippen LogP contribution >= 0.6 is 0 Å². The molecule has 0 radical (unpaired) electrons.